The maximum absolute atomic E-state index is 13.1. The number of aromatic nitrogens is 2. The molecule has 0 radical (unpaired) electrons. The highest BCUT2D eigenvalue weighted by Gasteiger charge is 2.40. The summed E-state index contributed by atoms with van der Waals surface area (Å²) >= 11 is 12.1. The van der Waals surface area contributed by atoms with Gasteiger partial charge in [-0.3, -0.25) is 13.9 Å². The van der Waals surface area contributed by atoms with E-state index in [0.29, 0.717) is 23.0 Å². The molecule has 1 fully saturated rings. The van der Waals surface area contributed by atoms with Gasteiger partial charge in [-0.1, -0.05) is 23.2 Å². The Labute approximate surface area is 232 Å². The monoisotopic (exact) mass is 586 g/mol. The van der Waals surface area contributed by atoms with Crippen molar-refractivity contribution in [3.63, 3.8) is 0 Å². The van der Waals surface area contributed by atoms with Gasteiger partial charge in [-0.25, -0.2) is 17.5 Å². The van der Waals surface area contributed by atoms with Gasteiger partial charge in [-0.15, -0.1) is 12.4 Å². The zero-order chi connectivity index (χ0) is 25.6. The number of nitrogens with zero attached hydrogens (tertiary/aromatic N) is 4. The van der Waals surface area contributed by atoms with Crippen LogP contribution in [0.3, 0.4) is 0 Å². The van der Waals surface area contributed by atoms with Gasteiger partial charge < -0.3 is 4.90 Å². The summed E-state index contributed by atoms with van der Waals surface area (Å²) in [6.07, 6.45) is 3.08. The van der Waals surface area contributed by atoms with E-state index in [1.807, 2.05) is 29.7 Å². The SMILES string of the molecule is CCn1c(=O)n(C2CCN(CCCCN3C(=O)c4cc(Cl)ccc4S3(=O)=O)CC2)c2ccc(Cl)cc21.Cl. The second-order valence-electron chi connectivity index (χ2n) is 9.33. The average Bonchev–Trinajstić information content (AvgIpc) is 3.23. The van der Waals surface area contributed by atoms with Crippen molar-refractivity contribution < 1.29 is 13.2 Å². The van der Waals surface area contributed by atoms with Crippen molar-refractivity contribution in [1.82, 2.24) is 18.3 Å². The number of hydrogen-bond donors (Lipinski definition) is 0. The largest absolute Gasteiger partial charge is 0.329 e. The summed E-state index contributed by atoms with van der Waals surface area (Å²) in [5, 5.41) is 0.959. The van der Waals surface area contributed by atoms with Crippen molar-refractivity contribution in [1.29, 1.82) is 0 Å². The predicted molar refractivity (Wildman–Crippen MR) is 148 cm³/mol. The molecule has 0 unspecified atom stereocenters. The highest BCUT2D eigenvalue weighted by atomic mass is 35.5. The topological polar surface area (TPSA) is 84.6 Å². The van der Waals surface area contributed by atoms with E-state index in [1.54, 1.807) is 4.57 Å². The number of rotatable bonds is 7. The molecule has 0 saturated carbocycles. The minimum Gasteiger partial charge on any atom is -0.303 e. The van der Waals surface area contributed by atoms with Gasteiger partial charge >= 0.3 is 5.69 Å². The minimum atomic E-state index is -3.81. The van der Waals surface area contributed by atoms with E-state index in [0.717, 1.165) is 54.2 Å². The predicted octanol–water partition coefficient (Wildman–Crippen LogP) is 4.81. The van der Waals surface area contributed by atoms with Gasteiger partial charge in [0, 0.05) is 42.3 Å². The van der Waals surface area contributed by atoms with Crippen LogP contribution in [0.15, 0.2) is 46.1 Å². The molecule has 37 heavy (non-hydrogen) atoms. The van der Waals surface area contributed by atoms with Gasteiger partial charge in [0.05, 0.1) is 16.6 Å². The van der Waals surface area contributed by atoms with Gasteiger partial charge in [0.15, 0.2) is 0 Å². The average molecular weight is 588 g/mol. The lowest BCUT2D eigenvalue weighted by Gasteiger charge is -2.32. The lowest BCUT2D eigenvalue weighted by Crippen LogP contribution is -2.38. The van der Waals surface area contributed by atoms with Crippen LogP contribution in [0.1, 0.15) is 49.0 Å². The number of imidazole rings is 1. The van der Waals surface area contributed by atoms with Crippen molar-refractivity contribution >= 4 is 62.6 Å². The molecule has 3 heterocycles. The molecular formula is C25H29Cl3N4O4S. The van der Waals surface area contributed by atoms with Crippen LogP contribution < -0.4 is 5.69 Å². The van der Waals surface area contributed by atoms with Crippen molar-refractivity contribution in [2.45, 2.75) is 50.1 Å². The van der Waals surface area contributed by atoms with E-state index < -0.39 is 15.9 Å². The fourth-order valence-electron chi connectivity index (χ4n) is 5.38. The van der Waals surface area contributed by atoms with Crippen LogP contribution in [-0.4, -0.2) is 58.8 Å². The van der Waals surface area contributed by atoms with Crippen LogP contribution in [0.4, 0.5) is 0 Å². The number of benzene rings is 2. The van der Waals surface area contributed by atoms with Crippen LogP contribution in [0.25, 0.3) is 11.0 Å². The molecule has 1 aromatic heterocycles. The summed E-state index contributed by atoms with van der Waals surface area (Å²) in [4.78, 5) is 28.1. The van der Waals surface area contributed by atoms with E-state index in [4.69, 9.17) is 23.2 Å². The third kappa shape index (κ3) is 5.04. The number of halogens is 3. The van der Waals surface area contributed by atoms with Crippen molar-refractivity contribution in [2.75, 3.05) is 26.2 Å². The number of fused-ring (bicyclic) bond motifs is 2. The Morgan fingerprint density at radius 3 is 2.27 bits per heavy atom. The third-order valence-electron chi connectivity index (χ3n) is 7.22. The molecule has 12 heteroatoms. The summed E-state index contributed by atoms with van der Waals surface area (Å²) in [5.41, 5.74) is 1.94. The quantitative estimate of drug-likeness (QED) is 0.370. The van der Waals surface area contributed by atoms with Gasteiger partial charge in [0.2, 0.25) is 0 Å². The maximum Gasteiger partial charge on any atom is 0.329 e. The zero-order valence-corrected chi connectivity index (χ0v) is 23.5. The Morgan fingerprint density at radius 2 is 1.57 bits per heavy atom. The summed E-state index contributed by atoms with van der Waals surface area (Å²) in [7, 11) is -3.81. The molecular weight excluding hydrogens is 559 g/mol. The van der Waals surface area contributed by atoms with Crippen LogP contribution >= 0.6 is 35.6 Å². The molecule has 0 N–H and O–H groups in total. The Morgan fingerprint density at radius 1 is 0.919 bits per heavy atom. The third-order valence-corrected chi connectivity index (χ3v) is 9.53. The molecule has 0 aliphatic carbocycles. The van der Waals surface area contributed by atoms with E-state index in [1.165, 1.54) is 18.2 Å². The van der Waals surface area contributed by atoms with Gasteiger partial charge in [0.25, 0.3) is 15.9 Å². The molecule has 2 aromatic carbocycles. The number of carbonyl (C=O) groups excluding carboxylic acids is 1. The second-order valence-corrected chi connectivity index (χ2v) is 12.0. The van der Waals surface area contributed by atoms with E-state index >= 15 is 0 Å². The summed E-state index contributed by atoms with van der Waals surface area (Å²) < 4.78 is 30.1. The van der Waals surface area contributed by atoms with Crippen LogP contribution in [-0.2, 0) is 16.6 Å². The van der Waals surface area contributed by atoms with Crippen molar-refractivity contribution in [3.8, 4) is 0 Å². The summed E-state index contributed by atoms with van der Waals surface area (Å²) in [6.45, 7) is 5.23. The molecule has 0 bridgehead atoms. The summed E-state index contributed by atoms with van der Waals surface area (Å²) in [6, 6.07) is 10.0. The van der Waals surface area contributed by atoms with Gasteiger partial charge in [0.1, 0.15) is 4.90 Å². The Kier molecular flexibility index (Phi) is 8.30. The first-order valence-corrected chi connectivity index (χ1v) is 14.4. The molecule has 2 aliphatic rings. The van der Waals surface area contributed by atoms with Gasteiger partial charge in [-0.2, -0.15) is 0 Å². The second kappa shape index (κ2) is 11.0. The normalized spacial score (nSPS) is 17.8. The Bertz CT molecular complexity index is 1490. The Hall–Kier alpha value is -2.04. The number of carbonyl (C=O) groups is 1. The number of hydrogen-bond acceptors (Lipinski definition) is 5. The van der Waals surface area contributed by atoms with Crippen LogP contribution in [0, 0.1) is 0 Å². The molecule has 1 saturated heterocycles. The molecule has 200 valence electrons. The molecule has 2 aliphatic heterocycles. The molecule has 1 amide bonds. The van der Waals surface area contributed by atoms with Crippen molar-refractivity contribution in [3.05, 3.63) is 62.5 Å². The molecule has 5 rings (SSSR count). The fourth-order valence-corrected chi connectivity index (χ4v) is 7.31. The first kappa shape index (κ1) is 28.0. The number of piperidine rings is 1. The molecule has 0 spiro atoms. The number of amides is 1. The fraction of sp³-hybridized carbons (Fsp3) is 0.440. The van der Waals surface area contributed by atoms with Crippen LogP contribution in [0.2, 0.25) is 10.0 Å². The highest BCUT2D eigenvalue weighted by molar-refractivity contribution is 7.90. The summed E-state index contributed by atoms with van der Waals surface area (Å²) in [5.74, 6) is -0.508. The number of likely N-dealkylation sites (tertiary alicyclic amines) is 1. The lowest BCUT2D eigenvalue weighted by atomic mass is 10.0. The van der Waals surface area contributed by atoms with Crippen LogP contribution in [0.5, 0.6) is 0 Å². The number of aryl methyl sites for hydroxylation is 1. The maximum atomic E-state index is 13.1. The minimum absolute atomic E-state index is 0. The molecule has 8 nitrogen and oxygen atoms in total. The highest BCUT2D eigenvalue weighted by Crippen LogP contribution is 2.32. The van der Waals surface area contributed by atoms with E-state index in [2.05, 4.69) is 4.90 Å². The Balaban J connectivity index is 0.00000320. The number of sulfonamides is 1. The number of unbranched alkanes of at least 4 members (excludes halogenated alkanes) is 1. The van der Waals surface area contributed by atoms with E-state index in [9.17, 15) is 18.0 Å². The smallest absolute Gasteiger partial charge is 0.303 e. The van der Waals surface area contributed by atoms with Gasteiger partial charge in [-0.05, 0) is 75.5 Å². The molecule has 0 atom stereocenters. The van der Waals surface area contributed by atoms with Crippen molar-refractivity contribution in [2.24, 2.45) is 0 Å². The van der Waals surface area contributed by atoms with E-state index in [-0.39, 0.29) is 41.1 Å². The standard InChI is InChI=1S/C25H28Cl2N4O4S.ClH/c1-2-29-22-16-18(27)5-7-21(22)31(25(29)33)19-9-13-28(14-10-19)11-3-4-12-30-24(32)20-15-17(26)6-8-23(20)36(30,34)35;/h5-8,15-16,19H,2-4,9-14H2,1H3;1H. The first-order chi connectivity index (χ1) is 17.2. The molecule has 3 aromatic rings. The lowest BCUT2D eigenvalue weighted by molar-refractivity contribution is 0.0868. The first-order valence-electron chi connectivity index (χ1n) is 12.2. The zero-order valence-electron chi connectivity index (χ0n) is 20.4.